The topological polar surface area (TPSA) is 57.7 Å². The molecule has 1 amide bonds. The van der Waals surface area contributed by atoms with E-state index >= 15 is 0 Å². The fraction of sp³-hybridized carbons (Fsp3) is 0.611. The van der Waals surface area contributed by atoms with E-state index < -0.39 is 10.0 Å². The average molecular weight is 387 g/mol. The van der Waals surface area contributed by atoms with Crippen LogP contribution < -0.4 is 0 Å². The van der Waals surface area contributed by atoms with E-state index in [9.17, 15) is 13.2 Å². The van der Waals surface area contributed by atoms with Crippen LogP contribution in [0.15, 0.2) is 29.2 Å². The maximum atomic E-state index is 12.7. The minimum atomic E-state index is -3.52. The molecule has 1 heterocycles. The zero-order valence-electron chi connectivity index (χ0n) is 14.9. The smallest absolute Gasteiger partial charge is 0.243 e. The SMILES string of the molecule is CCCN(CCC)C(=O)C1CCN(S(=O)(=O)c2ccc(Cl)cc2)CC1. The molecular weight excluding hydrogens is 360 g/mol. The molecule has 0 aliphatic carbocycles. The Kier molecular flexibility index (Phi) is 7.28. The van der Waals surface area contributed by atoms with Crippen molar-refractivity contribution in [1.29, 1.82) is 0 Å². The molecule has 0 radical (unpaired) electrons. The number of piperidine rings is 1. The van der Waals surface area contributed by atoms with E-state index in [2.05, 4.69) is 13.8 Å². The number of carbonyl (C=O) groups is 1. The predicted octanol–water partition coefficient (Wildman–Crippen LogP) is 3.39. The standard InChI is InChI=1S/C18H27ClN2O3S/c1-3-11-20(12-4-2)18(22)15-9-13-21(14-10-15)25(23,24)17-7-5-16(19)6-8-17/h5-8,15H,3-4,9-14H2,1-2H3. The van der Waals surface area contributed by atoms with E-state index in [0.717, 1.165) is 25.9 Å². The van der Waals surface area contributed by atoms with Crippen LogP contribution in [0.2, 0.25) is 5.02 Å². The summed E-state index contributed by atoms with van der Waals surface area (Å²) in [4.78, 5) is 14.9. The number of sulfonamides is 1. The zero-order chi connectivity index (χ0) is 18.4. The fourth-order valence-corrected chi connectivity index (χ4v) is 4.82. The Balaban J connectivity index is 2.00. The van der Waals surface area contributed by atoms with E-state index in [1.54, 1.807) is 12.1 Å². The number of halogens is 1. The molecule has 1 aromatic carbocycles. The molecule has 1 aromatic rings. The van der Waals surface area contributed by atoms with E-state index in [0.29, 0.717) is 31.0 Å². The molecular formula is C18H27ClN2O3S. The molecule has 2 rings (SSSR count). The highest BCUT2D eigenvalue weighted by Gasteiger charge is 2.33. The van der Waals surface area contributed by atoms with E-state index in [1.165, 1.54) is 16.4 Å². The summed E-state index contributed by atoms with van der Waals surface area (Å²) in [6.45, 7) is 6.45. The molecule has 25 heavy (non-hydrogen) atoms. The van der Waals surface area contributed by atoms with E-state index in [4.69, 9.17) is 11.6 Å². The molecule has 1 fully saturated rings. The van der Waals surface area contributed by atoms with Crippen LogP contribution in [0, 0.1) is 5.92 Å². The Morgan fingerprint density at radius 1 is 1.12 bits per heavy atom. The summed E-state index contributed by atoms with van der Waals surface area (Å²) in [5, 5.41) is 0.509. The second-order valence-corrected chi connectivity index (χ2v) is 8.83. The number of hydrogen-bond donors (Lipinski definition) is 0. The first-order valence-corrected chi connectivity index (χ1v) is 10.8. The molecule has 0 N–H and O–H groups in total. The minimum Gasteiger partial charge on any atom is -0.342 e. The van der Waals surface area contributed by atoms with Gasteiger partial charge in [0.15, 0.2) is 0 Å². The van der Waals surface area contributed by atoms with Gasteiger partial charge < -0.3 is 4.90 Å². The number of nitrogens with zero attached hydrogens (tertiary/aromatic N) is 2. The number of benzene rings is 1. The number of hydrogen-bond acceptors (Lipinski definition) is 3. The van der Waals surface area contributed by atoms with Crippen LogP contribution >= 0.6 is 11.6 Å². The summed E-state index contributed by atoms with van der Waals surface area (Å²) in [6.07, 6.45) is 3.04. The second kappa shape index (κ2) is 9.01. The van der Waals surface area contributed by atoms with Crippen LogP contribution in [0.5, 0.6) is 0 Å². The van der Waals surface area contributed by atoms with Crippen LogP contribution in [-0.2, 0) is 14.8 Å². The highest BCUT2D eigenvalue weighted by atomic mass is 35.5. The molecule has 1 aliphatic heterocycles. The monoisotopic (exact) mass is 386 g/mol. The quantitative estimate of drug-likeness (QED) is 0.721. The lowest BCUT2D eigenvalue weighted by Gasteiger charge is -2.33. The van der Waals surface area contributed by atoms with Gasteiger partial charge in [-0.1, -0.05) is 25.4 Å². The third-order valence-electron chi connectivity index (χ3n) is 4.55. The third kappa shape index (κ3) is 4.96. The molecule has 0 aromatic heterocycles. The highest BCUT2D eigenvalue weighted by Crippen LogP contribution is 2.26. The lowest BCUT2D eigenvalue weighted by molar-refractivity contribution is -0.136. The van der Waals surface area contributed by atoms with Crippen molar-refractivity contribution in [3.05, 3.63) is 29.3 Å². The van der Waals surface area contributed by atoms with Crippen molar-refractivity contribution in [3.63, 3.8) is 0 Å². The molecule has 5 nitrogen and oxygen atoms in total. The van der Waals surface area contributed by atoms with Gasteiger partial charge in [0, 0.05) is 37.1 Å². The molecule has 1 aliphatic rings. The van der Waals surface area contributed by atoms with Crippen LogP contribution in [0.25, 0.3) is 0 Å². The predicted molar refractivity (Wildman–Crippen MR) is 100 cm³/mol. The minimum absolute atomic E-state index is 0.0743. The van der Waals surface area contributed by atoms with Crippen LogP contribution in [0.4, 0.5) is 0 Å². The van der Waals surface area contributed by atoms with Gasteiger partial charge in [-0.15, -0.1) is 0 Å². The summed E-state index contributed by atoms with van der Waals surface area (Å²) in [5.74, 6) is 0.0991. The van der Waals surface area contributed by atoms with Crippen LogP contribution in [0.1, 0.15) is 39.5 Å². The Morgan fingerprint density at radius 3 is 2.12 bits per heavy atom. The molecule has 1 saturated heterocycles. The summed E-state index contributed by atoms with van der Waals surface area (Å²) in [7, 11) is -3.52. The molecule has 0 atom stereocenters. The van der Waals surface area contributed by atoms with Crippen molar-refractivity contribution in [2.45, 2.75) is 44.4 Å². The van der Waals surface area contributed by atoms with Crippen molar-refractivity contribution in [1.82, 2.24) is 9.21 Å². The van der Waals surface area contributed by atoms with Gasteiger partial charge in [-0.05, 0) is 49.9 Å². The van der Waals surface area contributed by atoms with Gasteiger partial charge in [-0.3, -0.25) is 4.79 Å². The highest BCUT2D eigenvalue weighted by molar-refractivity contribution is 7.89. The number of rotatable bonds is 7. The normalized spacial score (nSPS) is 16.8. The lowest BCUT2D eigenvalue weighted by atomic mass is 9.96. The molecule has 0 spiro atoms. The Morgan fingerprint density at radius 2 is 1.64 bits per heavy atom. The molecule has 7 heteroatoms. The van der Waals surface area contributed by atoms with Crippen LogP contribution in [0.3, 0.4) is 0 Å². The fourth-order valence-electron chi connectivity index (χ4n) is 3.23. The first-order chi connectivity index (χ1) is 11.9. The molecule has 0 bridgehead atoms. The van der Waals surface area contributed by atoms with Gasteiger partial charge in [-0.2, -0.15) is 4.31 Å². The number of carbonyl (C=O) groups excluding carboxylic acids is 1. The van der Waals surface area contributed by atoms with E-state index in [1.807, 2.05) is 4.90 Å². The van der Waals surface area contributed by atoms with E-state index in [-0.39, 0.29) is 16.7 Å². The zero-order valence-corrected chi connectivity index (χ0v) is 16.5. The third-order valence-corrected chi connectivity index (χ3v) is 6.72. The summed E-state index contributed by atoms with van der Waals surface area (Å²) in [5.41, 5.74) is 0. The molecule has 140 valence electrons. The lowest BCUT2D eigenvalue weighted by Crippen LogP contribution is -2.44. The van der Waals surface area contributed by atoms with Gasteiger partial charge in [-0.25, -0.2) is 8.42 Å². The van der Waals surface area contributed by atoms with Crippen LogP contribution in [-0.4, -0.2) is 49.7 Å². The summed E-state index contributed by atoms with van der Waals surface area (Å²) >= 11 is 5.83. The maximum Gasteiger partial charge on any atom is 0.243 e. The molecule has 0 unspecified atom stereocenters. The Labute approximate surface area is 156 Å². The van der Waals surface area contributed by atoms with Crippen molar-refractivity contribution < 1.29 is 13.2 Å². The Bertz CT molecular complexity index is 662. The van der Waals surface area contributed by atoms with Gasteiger partial charge in [0.05, 0.1) is 4.90 Å². The largest absolute Gasteiger partial charge is 0.342 e. The van der Waals surface area contributed by atoms with Gasteiger partial charge in [0.25, 0.3) is 0 Å². The summed E-state index contributed by atoms with van der Waals surface area (Å²) < 4.78 is 26.9. The first-order valence-electron chi connectivity index (χ1n) is 8.94. The van der Waals surface area contributed by atoms with Crippen molar-refractivity contribution in [2.24, 2.45) is 5.92 Å². The maximum absolute atomic E-state index is 12.7. The molecule has 0 saturated carbocycles. The second-order valence-electron chi connectivity index (χ2n) is 6.46. The first kappa shape index (κ1) is 20.2. The van der Waals surface area contributed by atoms with Gasteiger partial charge in [0.2, 0.25) is 15.9 Å². The van der Waals surface area contributed by atoms with Crippen molar-refractivity contribution in [2.75, 3.05) is 26.2 Å². The van der Waals surface area contributed by atoms with Gasteiger partial charge >= 0.3 is 0 Å². The summed E-state index contributed by atoms with van der Waals surface area (Å²) in [6, 6.07) is 6.22. The van der Waals surface area contributed by atoms with Gasteiger partial charge in [0.1, 0.15) is 0 Å². The number of amides is 1. The van der Waals surface area contributed by atoms with Crippen molar-refractivity contribution >= 4 is 27.5 Å². The Hall–Kier alpha value is -1.11. The average Bonchev–Trinajstić information content (AvgIpc) is 2.61. The van der Waals surface area contributed by atoms with Crippen molar-refractivity contribution in [3.8, 4) is 0 Å².